The number of nitrogens with zero attached hydrogens (tertiary/aromatic N) is 4. The summed E-state index contributed by atoms with van der Waals surface area (Å²) >= 11 is 0. The fourth-order valence-corrected chi connectivity index (χ4v) is 1.62. The van der Waals surface area contributed by atoms with Gasteiger partial charge in [0.15, 0.2) is 0 Å². The SMILES string of the molecule is CCCNCc1cn(CCN(C)CCC(F)(F)F)nn1. The van der Waals surface area contributed by atoms with Gasteiger partial charge in [0.1, 0.15) is 0 Å². The lowest BCUT2D eigenvalue weighted by atomic mass is 10.4. The van der Waals surface area contributed by atoms with Crippen LogP contribution in [0, 0.1) is 0 Å². The summed E-state index contributed by atoms with van der Waals surface area (Å²) in [6, 6.07) is 0. The molecule has 0 amide bonds. The van der Waals surface area contributed by atoms with Crippen molar-refractivity contribution in [1.29, 1.82) is 0 Å². The Morgan fingerprint density at radius 3 is 2.75 bits per heavy atom. The standard InChI is InChI=1S/C12H22F3N5/c1-3-5-16-9-11-10-20(18-17-11)8-7-19(2)6-4-12(13,14)15/h10,16H,3-9H2,1-2H3. The van der Waals surface area contributed by atoms with Crippen LogP contribution in [-0.2, 0) is 13.1 Å². The molecule has 0 aliphatic heterocycles. The van der Waals surface area contributed by atoms with Gasteiger partial charge in [-0.25, -0.2) is 0 Å². The number of alkyl halides is 3. The van der Waals surface area contributed by atoms with Crippen molar-refractivity contribution < 1.29 is 13.2 Å². The minimum Gasteiger partial charge on any atom is -0.311 e. The van der Waals surface area contributed by atoms with E-state index in [1.165, 1.54) is 0 Å². The highest BCUT2D eigenvalue weighted by Gasteiger charge is 2.26. The van der Waals surface area contributed by atoms with E-state index < -0.39 is 12.6 Å². The van der Waals surface area contributed by atoms with Crippen molar-refractivity contribution >= 4 is 0 Å². The van der Waals surface area contributed by atoms with Gasteiger partial charge in [0, 0.05) is 25.8 Å². The van der Waals surface area contributed by atoms with E-state index in [-0.39, 0.29) is 6.54 Å². The highest BCUT2D eigenvalue weighted by atomic mass is 19.4. The van der Waals surface area contributed by atoms with Crippen molar-refractivity contribution in [3.8, 4) is 0 Å². The highest BCUT2D eigenvalue weighted by molar-refractivity contribution is 4.91. The lowest BCUT2D eigenvalue weighted by Gasteiger charge is -2.17. The van der Waals surface area contributed by atoms with E-state index in [1.54, 1.807) is 16.6 Å². The van der Waals surface area contributed by atoms with Crippen LogP contribution in [0.25, 0.3) is 0 Å². The molecule has 0 atom stereocenters. The highest BCUT2D eigenvalue weighted by Crippen LogP contribution is 2.19. The van der Waals surface area contributed by atoms with Crippen LogP contribution in [0.2, 0.25) is 0 Å². The molecule has 0 aliphatic rings. The maximum absolute atomic E-state index is 12.1. The monoisotopic (exact) mass is 293 g/mol. The van der Waals surface area contributed by atoms with Gasteiger partial charge in [-0.15, -0.1) is 5.10 Å². The topological polar surface area (TPSA) is 46.0 Å². The van der Waals surface area contributed by atoms with Crippen LogP contribution in [0.4, 0.5) is 13.2 Å². The number of aromatic nitrogens is 3. The largest absolute Gasteiger partial charge is 0.390 e. The fourth-order valence-electron chi connectivity index (χ4n) is 1.62. The second-order valence-corrected chi connectivity index (χ2v) is 4.82. The molecular weight excluding hydrogens is 271 g/mol. The Bertz CT molecular complexity index is 377. The molecule has 0 aromatic carbocycles. The molecule has 0 fully saturated rings. The van der Waals surface area contributed by atoms with E-state index in [0.29, 0.717) is 19.6 Å². The first-order valence-electron chi connectivity index (χ1n) is 6.75. The van der Waals surface area contributed by atoms with Gasteiger partial charge in [0.2, 0.25) is 0 Å². The number of halogens is 3. The number of likely N-dealkylation sites (N-methyl/N-ethyl adjacent to an activating group) is 1. The van der Waals surface area contributed by atoms with E-state index in [0.717, 1.165) is 18.7 Å². The van der Waals surface area contributed by atoms with Gasteiger partial charge in [-0.1, -0.05) is 12.1 Å². The molecule has 1 heterocycles. The van der Waals surface area contributed by atoms with Gasteiger partial charge in [0.05, 0.1) is 18.7 Å². The van der Waals surface area contributed by atoms with Crippen molar-refractivity contribution in [2.24, 2.45) is 0 Å². The van der Waals surface area contributed by atoms with Crippen molar-refractivity contribution in [2.45, 2.75) is 39.0 Å². The molecule has 1 aromatic rings. The van der Waals surface area contributed by atoms with Gasteiger partial charge in [-0.2, -0.15) is 13.2 Å². The zero-order valence-corrected chi connectivity index (χ0v) is 11.9. The normalized spacial score (nSPS) is 12.3. The van der Waals surface area contributed by atoms with Crippen LogP contribution in [-0.4, -0.2) is 52.8 Å². The maximum Gasteiger partial charge on any atom is 0.390 e. The number of rotatable bonds is 9. The predicted molar refractivity (Wildman–Crippen MR) is 70.2 cm³/mol. The van der Waals surface area contributed by atoms with E-state index in [1.807, 2.05) is 6.20 Å². The third kappa shape index (κ3) is 7.44. The van der Waals surface area contributed by atoms with E-state index >= 15 is 0 Å². The molecule has 0 bridgehead atoms. The molecule has 0 unspecified atom stereocenters. The lowest BCUT2D eigenvalue weighted by Crippen LogP contribution is -2.27. The smallest absolute Gasteiger partial charge is 0.311 e. The molecule has 20 heavy (non-hydrogen) atoms. The Kier molecular flexibility index (Phi) is 6.94. The molecule has 0 radical (unpaired) electrons. The zero-order chi connectivity index (χ0) is 15.0. The first-order valence-corrected chi connectivity index (χ1v) is 6.75. The van der Waals surface area contributed by atoms with Crippen molar-refractivity contribution in [2.75, 3.05) is 26.7 Å². The number of hydrogen-bond acceptors (Lipinski definition) is 4. The van der Waals surface area contributed by atoms with Gasteiger partial charge >= 0.3 is 6.18 Å². The number of nitrogens with one attached hydrogen (secondary N) is 1. The maximum atomic E-state index is 12.1. The Morgan fingerprint density at radius 2 is 2.10 bits per heavy atom. The van der Waals surface area contributed by atoms with Crippen LogP contribution < -0.4 is 5.32 Å². The van der Waals surface area contributed by atoms with Crippen LogP contribution >= 0.6 is 0 Å². The molecular formula is C12H22F3N5. The van der Waals surface area contributed by atoms with Crippen LogP contribution in [0.15, 0.2) is 6.20 Å². The first kappa shape index (κ1) is 16.9. The molecule has 0 spiro atoms. The summed E-state index contributed by atoms with van der Waals surface area (Å²) in [6.07, 6.45) is -2.01. The summed E-state index contributed by atoms with van der Waals surface area (Å²) in [5, 5.41) is 11.2. The zero-order valence-electron chi connectivity index (χ0n) is 11.9. The molecule has 1 N–H and O–H groups in total. The van der Waals surface area contributed by atoms with Crippen molar-refractivity contribution in [3.63, 3.8) is 0 Å². The average Bonchev–Trinajstić information content (AvgIpc) is 2.81. The van der Waals surface area contributed by atoms with Crippen molar-refractivity contribution in [3.05, 3.63) is 11.9 Å². The van der Waals surface area contributed by atoms with Crippen LogP contribution in [0.3, 0.4) is 0 Å². The molecule has 0 saturated heterocycles. The third-order valence-electron chi connectivity index (χ3n) is 2.81. The summed E-state index contributed by atoms with van der Waals surface area (Å²) in [5.41, 5.74) is 0.844. The molecule has 1 rings (SSSR count). The Morgan fingerprint density at radius 1 is 1.35 bits per heavy atom. The van der Waals surface area contributed by atoms with Crippen LogP contribution in [0.1, 0.15) is 25.5 Å². The molecule has 1 aromatic heterocycles. The van der Waals surface area contributed by atoms with Crippen molar-refractivity contribution in [1.82, 2.24) is 25.2 Å². The minimum atomic E-state index is -4.10. The Hall–Kier alpha value is -1.15. The first-order chi connectivity index (χ1) is 9.40. The van der Waals surface area contributed by atoms with Crippen LogP contribution in [0.5, 0.6) is 0 Å². The third-order valence-corrected chi connectivity index (χ3v) is 2.81. The summed E-state index contributed by atoms with van der Waals surface area (Å²) < 4.78 is 37.9. The Labute approximate surface area is 117 Å². The second kappa shape index (κ2) is 8.21. The minimum absolute atomic E-state index is 0.00309. The second-order valence-electron chi connectivity index (χ2n) is 4.82. The van der Waals surface area contributed by atoms with E-state index in [9.17, 15) is 13.2 Å². The van der Waals surface area contributed by atoms with E-state index in [4.69, 9.17) is 0 Å². The summed E-state index contributed by atoms with van der Waals surface area (Å²) in [5.74, 6) is 0. The van der Waals surface area contributed by atoms with Gasteiger partial charge in [0.25, 0.3) is 0 Å². The van der Waals surface area contributed by atoms with Gasteiger partial charge < -0.3 is 10.2 Å². The fraction of sp³-hybridized carbons (Fsp3) is 0.833. The molecule has 0 saturated carbocycles. The lowest BCUT2D eigenvalue weighted by molar-refractivity contribution is -0.137. The average molecular weight is 293 g/mol. The van der Waals surface area contributed by atoms with E-state index in [2.05, 4.69) is 22.6 Å². The summed E-state index contributed by atoms with van der Waals surface area (Å²) in [7, 11) is 1.67. The summed E-state index contributed by atoms with van der Waals surface area (Å²) in [4.78, 5) is 1.64. The molecule has 8 heteroatoms. The molecule has 5 nitrogen and oxygen atoms in total. The quantitative estimate of drug-likeness (QED) is 0.703. The van der Waals surface area contributed by atoms with Gasteiger partial charge in [-0.05, 0) is 20.0 Å². The Balaban J connectivity index is 2.24. The predicted octanol–water partition coefficient (Wildman–Crippen LogP) is 1.66. The number of hydrogen-bond donors (Lipinski definition) is 1. The molecule has 116 valence electrons. The summed E-state index contributed by atoms with van der Waals surface area (Å²) in [6.45, 7) is 4.73. The molecule has 0 aliphatic carbocycles. The van der Waals surface area contributed by atoms with Gasteiger partial charge in [-0.3, -0.25) is 4.68 Å².